The number of rotatable bonds is 4. The topological polar surface area (TPSA) is 55.1 Å². The van der Waals surface area contributed by atoms with Crippen LogP contribution in [0.3, 0.4) is 0 Å². The maximum Gasteiger partial charge on any atom is 0.275 e. The van der Waals surface area contributed by atoms with Gasteiger partial charge in [0, 0.05) is 11.3 Å². The number of halogens is 1. The Bertz CT molecular complexity index is 1030. The van der Waals surface area contributed by atoms with Gasteiger partial charge in [-0.15, -0.1) is 11.3 Å². The number of nitrogens with zero attached hydrogens (tertiary/aromatic N) is 1. The van der Waals surface area contributed by atoms with Gasteiger partial charge in [-0.1, -0.05) is 30.3 Å². The van der Waals surface area contributed by atoms with Crippen molar-refractivity contribution in [1.29, 1.82) is 0 Å². The lowest BCUT2D eigenvalue weighted by atomic mass is 10.2. The molecule has 0 bridgehead atoms. The molecule has 1 N–H and O–H groups in total. The van der Waals surface area contributed by atoms with E-state index in [4.69, 9.17) is 4.42 Å². The molecule has 2 heterocycles. The summed E-state index contributed by atoms with van der Waals surface area (Å²) < 4.78 is 18.5. The van der Waals surface area contributed by atoms with E-state index in [2.05, 4.69) is 10.3 Å². The lowest BCUT2D eigenvalue weighted by Crippen LogP contribution is -2.13. The van der Waals surface area contributed by atoms with Crippen molar-refractivity contribution in [3.05, 3.63) is 84.5 Å². The van der Waals surface area contributed by atoms with Crippen molar-refractivity contribution in [2.75, 3.05) is 5.32 Å². The number of hydrogen-bond acceptors (Lipinski definition) is 4. The van der Waals surface area contributed by atoms with Gasteiger partial charge >= 0.3 is 0 Å². The molecule has 4 rings (SSSR count). The lowest BCUT2D eigenvalue weighted by molar-refractivity contribution is 0.102. The molecule has 0 radical (unpaired) electrons. The summed E-state index contributed by atoms with van der Waals surface area (Å²) in [5.41, 5.74) is 1.69. The third kappa shape index (κ3) is 3.27. The molecule has 0 saturated carbocycles. The highest BCUT2D eigenvalue weighted by Gasteiger charge is 2.22. The minimum atomic E-state index is -0.374. The number of hydrogen-bond donors (Lipinski definition) is 1. The molecule has 26 heavy (non-hydrogen) atoms. The zero-order valence-electron chi connectivity index (χ0n) is 13.5. The van der Waals surface area contributed by atoms with E-state index in [0.29, 0.717) is 16.3 Å². The summed E-state index contributed by atoms with van der Waals surface area (Å²) >= 11 is 1.39. The van der Waals surface area contributed by atoms with Crippen LogP contribution in [0.5, 0.6) is 0 Å². The number of thiazole rings is 1. The predicted octanol–water partition coefficient (Wildman–Crippen LogP) is 5.46. The molecule has 4 nitrogen and oxygen atoms in total. The summed E-state index contributed by atoms with van der Waals surface area (Å²) in [6, 6.07) is 18.8. The smallest absolute Gasteiger partial charge is 0.275 e. The monoisotopic (exact) mass is 364 g/mol. The molecule has 0 fully saturated rings. The van der Waals surface area contributed by atoms with Crippen LogP contribution in [0.15, 0.2) is 77.4 Å². The first kappa shape index (κ1) is 16.2. The summed E-state index contributed by atoms with van der Waals surface area (Å²) in [6.07, 6.45) is 1.55. The molecule has 0 aliphatic rings. The molecule has 128 valence electrons. The summed E-state index contributed by atoms with van der Waals surface area (Å²) in [5.74, 6) is -0.158. The van der Waals surface area contributed by atoms with E-state index in [-0.39, 0.29) is 17.4 Å². The van der Waals surface area contributed by atoms with Crippen LogP contribution in [0.2, 0.25) is 0 Å². The van der Waals surface area contributed by atoms with Gasteiger partial charge in [0.2, 0.25) is 0 Å². The Balaban J connectivity index is 1.72. The first-order valence-corrected chi connectivity index (χ1v) is 8.69. The van der Waals surface area contributed by atoms with Gasteiger partial charge < -0.3 is 9.73 Å². The van der Waals surface area contributed by atoms with Crippen molar-refractivity contribution in [1.82, 2.24) is 4.98 Å². The molecule has 0 unspecified atom stereocenters. The van der Waals surface area contributed by atoms with Crippen LogP contribution in [0, 0.1) is 5.82 Å². The van der Waals surface area contributed by atoms with Crippen LogP contribution in [0.25, 0.3) is 21.2 Å². The predicted molar refractivity (Wildman–Crippen MR) is 99.6 cm³/mol. The molecular weight excluding hydrogens is 351 g/mol. The maximum atomic E-state index is 13.1. The van der Waals surface area contributed by atoms with E-state index in [9.17, 15) is 9.18 Å². The largest absolute Gasteiger partial charge is 0.463 e. The standard InChI is InChI=1S/C20H13FN2O2S/c21-14-8-10-15(11-9-14)22-19(24)17-18(16-7-4-12-25-16)26-20(23-17)13-5-2-1-3-6-13/h1-12H,(H,22,24). The number of anilines is 1. The van der Waals surface area contributed by atoms with Gasteiger partial charge in [-0.2, -0.15) is 0 Å². The van der Waals surface area contributed by atoms with Crippen LogP contribution in [-0.4, -0.2) is 10.9 Å². The molecule has 0 aliphatic heterocycles. The highest BCUT2D eigenvalue weighted by atomic mass is 32.1. The minimum Gasteiger partial charge on any atom is -0.463 e. The van der Waals surface area contributed by atoms with Crippen molar-refractivity contribution in [2.24, 2.45) is 0 Å². The van der Waals surface area contributed by atoms with Crippen molar-refractivity contribution in [2.45, 2.75) is 0 Å². The van der Waals surface area contributed by atoms with E-state index >= 15 is 0 Å². The summed E-state index contributed by atoms with van der Waals surface area (Å²) in [7, 11) is 0. The minimum absolute atomic E-state index is 0.271. The average Bonchev–Trinajstić information content (AvgIpc) is 3.34. The Morgan fingerprint density at radius 3 is 2.46 bits per heavy atom. The quantitative estimate of drug-likeness (QED) is 0.523. The zero-order chi connectivity index (χ0) is 17.9. The Morgan fingerprint density at radius 1 is 1.00 bits per heavy atom. The number of aromatic nitrogens is 1. The number of nitrogens with one attached hydrogen (secondary N) is 1. The number of benzene rings is 2. The Kier molecular flexibility index (Phi) is 4.33. The molecule has 0 atom stereocenters. The number of carbonyl (C=O) groups excluding carboxylic acids is 1. The Hall–Kier alpha value is -3.25. The first-order chi connectivity index (χ1) is 12.7. The first-order valence-electron chi connectivity index (χ1n) is 7.88. The second-order valence-electron chi connectivity index (χ2n) is 5.50. The van der Waals surface area contributed by atoms with Gasteiger partial charge in [-0.05, 0) is 36.4 Å². The van der Waals surface area contributed by atoms with E-state index in [1.54, 1.807) is 18.4 Å². The lowest BCUT2D eigenvalue weighted by Gasteiger charge is -2.04. The maximum absolute atomic E-state index is 13.1. The number of furan rings is 1. The fraction of sp³-hybridized carbons (Fsp3) is 0. The third-order valence-corrected chi connectivity index (χ3v) is 4.83. The molecule has 2 aromatic carbocycles. The van der Waals surface area contributed by atoms with Gasteiger partial charge in [-0.3, -0.25) is 4.79 Å². The van der Waals surface area contributed by atoms with Gasteiger partial charge in [0.1, 0.15) is 21.5 Å². The molecule has 1 amide bonds. The molecule has 6 heteroatoms. The second-order valence-corrected chi connectivity index (χ2v) is 6.50. The molecule has 0 spiro atoms. The van der Waals surface area contributed by atoms with Crippen molar-refractivity contribution >= 4 is 22.9 Å². The van der Waals surface area contributed by atoms with Crippen LogP contribution in [0.1, 0.15) is 10.5 Å². The Morgan fingerprint density at radius 2 is 1.77 bits per heavy atom. The second kappa shape index (κ2) is 6.93. The number of carbonyl (C=O) groups is 1. The van der Waals surface area contributed by atoms with E-state index in [1.807, 2.05) is 30.3 Å². The average molecular weight is 364 g/mol. The van der Waals surface area contributed by atoms with Crippen LogP contribution in [0.4, 0.5) is 10.1 Å². The number of amides is 1. The normalized spacial score (nSPS) is 10.7. The van der Waals surface area contributed by atoms with Crippen LogP contribution >= 0.6 is 11.3 Å². The fourth-order valence-corrected chi connectivity index (χ4v) is 3.51. The molecular formula is C20H13FN2O2S. The van der Waals surface area contributed by atoms with E-state index < -0.39 is 0 Å². The van der Waals surface area contributed by atoms with Crippen molar-refractivity contribution in [3.8, 4) is 21.2 Å². The Labute approximate surface area is 152 Å². The van der Waals surface area contributed by atoms with Gasteiger partial charge in [-0.25, -0.2) is 9.37 Å². The van der Waals surface area contributed by atoms with Crippen molar-refractivity contribution < 1.29 is 13.6 Å². The van der Waals surface area contributed by atoms with Gasteiger partial charge in [0.15, 0.2) is 5.69 Å². The summed E-state index contributed by atoms with van der Waals surface area (Å²) in [4.78, 5) is 17.9. The summed E-state index contributed by atoms with van der Waals surface area (Å²) in [5, 5.41) is 3.47. The van der Waals surface area contributed by atoms with Crippen molar-refractivity contribution in [3.63, 3.8) is 0 Å². The van der Waals surface area contributed by atoms with E-state index in [0.717, 1.165) is 10.6 Å². The van der Waals surface area contributed by atoms with Gasteiger partial charge in [0.05, 0.1) is 6.26 Å². The zero-order valence-corrected chi connectivity index (χ0v) is 14.3. The molecule has 0 saturated heterocycles. The molecule has 2 aromatic heterocycles. The summed E-state index contributed by atoms with van der Waals surface area (Å²) in [6.45, 7) is 0. The highest BCUT2D eigenvalue weighted by Crippen LogP contribution is 2.36. The fourth-order valence-electron chi connectivity index (χ4n) is 2.48. The highest BCUT2D eigenvalue weighted by molar-refractivity contribution is 7.18. The van der Waals surface area contributed by atoms with Gasteiger partial charge in [0.25, 0.3) is 5.91 Å². The van der Waals surface area contributed by atoms with Crippen LogP contribution in [-0.2, 0) is 0 Å². The molecule has 0 aliphatic carbocycles. The van der Waals surface area contributed by atoms with Crippen LogP contribution < -0.4 is 5.32 Å². The van der Waals surface area contributed by atoms with E-state index in [1.165, 1.54) is 35.6 Å². The molecule has 4 aromatic rings. The third-order valence-electron chi connectivity index (χ3n) is 3.71. The SMILES string of the molecule is O=C(Nc1ccc(F)cc1)c1nc(-c2ccccc2)sc1-c1ccco1.